The minimum atomic E-state index is -0.653. The van der Waals surface area contributed by atoms with Crippen LogP contribution in [0.15, 0.2) is 17.1 Å². The number of unbranched alkanes of at least 4 members (excludes halogenated alkanes) is 13. The van der Waals surface area contributed by atoms with Crippen LogP contribution in [0.25, 0.3) is 0 Å². The zero-order valence-corrected chi connectivity index (χ0v) is 23.6. The Hall–Kier alpha value is -1.48. The molecule has 0 aromatic carbocycles. The van der Waals surface area contributed by atoms with Crippen molar-refractivity contribution >= 4 is 0 Å². The lowest BCUT2D eigenvalue weighted by Gasteiger charge is -2.24. The summed E-state index contributed by atoms with van der Waals surface area (Å²) in [6, 6.07) is 0.906. The van der Waals surface area contributed by atoms with Gasteiger partial charge in [0.15, 0.2) is 6.23 Å². The van der Waals surface area contributed by atoms with Crippen molar-refractivity contribution in [2.24, 2.45) is 0 Å². The first-order valence-electron chi connectivity index (χ1n) is 14.8. The second kappa shape index (κ2) is 19.6. The average Bonchev–Trinajstić information content (AvgIpc) is 3.23. The van der Waals surface area contributed by atoms with E-state index in [1.54, 1.807) is 7.11 Å². The maximum Gasteiger partial charge on any atom is 0.299 e. The van der Waals surface area contributed by atoms with Gasteiger partial charge in [0.05, 0.1) is 6.61 Å². The van der Waals surface area contributed by atoms with Crippen LogP contribution in [0.3, 0.4) is 0 Å². The fourth-order valence-corrected chi connectivity index (χ4v) is 4.99. The first-order chi connectivity index (χ1) is 18.1. The van der Waals surface area contributed by atoms with Gasteiger partial charge >= 0.3 is 0 Å². The summed E-state index contributed by atoms with van der Waals surface area (Å²) in [5, 5.41) is 10.3. The Morgan fingerprint density at radius 3 is 2.00 bits per heavy atom. The lowest BCUT2D eigenvalue weighted by molar-refractivity contribution is -0.0810. The largest absolute Gasteiger partial charge is 0.480 e. The first-order valence-corrected chi connectivity index (χ1v) is 14.8. The number of aromatic hydroxyl groups is 1. The number of aromatic nitrogens is 2. The second-order valence-electron chi connectivity index (χ2n) is 10.2. The summed E-state index contributed by atoms with van der Waals surface area (Å²) in [5.41, 5.74) is -0.502. The third-order valence-corrected chi connectivity index (χ3v) is 7.09. The van der Waals surface area contributed by atoms with Gasteiger partial charge in [0, 0.05) is 32.6 Å². The monoisotopic (exact) mass is 524 g/mol. The van der Waals surface area contributed by atoms with Crippen molar-refractivity contribution in [3.05, 3.63) is 22.6 Å². The van der Waals surface area contributed by atoms with E-state index >= 15 is 0 Å². The molecule has 1 aromatic rings. The van der Waals surface area contributed by atoms with E-state index in [9.17, 15) is 9.90 Å². The number of rotatable bonds is 22. The highest BCUT2D eigenvalue weighted by molar-refractivity contribution is 5.02. The highest BCUT2D eigenvalue weighted by Gasteiger charge is 2.47. The Balaban J connectivity index is 1.69. The van der Waals surface area contributed by atoms with Crippen molar-refractivity contribution in [2.75, 3.05) is 26.9 Å². The number of ether oxygens (including phenoxy) is 4. The zero-order valence-electron chi connectivity index (χ0n) is 23.6. The molecule has 0 amide bonds. The maximum atomic E-state index is 11.5. The van der Waals surface area contributed by atoms with Crippen LogP contribution in [0.5, 0.6) is 6.01 Å². The van der Waals surface area contributed by atoms with Crippen molar-refractivity contribution in [2.45, 2.75) is 135 Å². The molecule has 0 saturated carbocycles. The molecule has 2 heterocycles. The van der Waals surface area contributed by atoms with Gasteiger partial charge in [0.1, 0.15) is 18.3 Å². The third kappa shape index (κ3) is 11.8. The summed E-state index contributed by atoms with van der Waals surface area (Å²) >= 11 is 0. The zero-order chi connectivity index (χ0) is 26.7. The summed E-state index contributed by atoms with van der Waals surface area (Å²) in [6.07, 6.45) is 18.9. The number of nitrogens with zero attached hydrogens (tertiary/aromatic N) is 2. The summed E-state index contributed by atoms with van der Waals surface area (Å²) in [6.45, 7) is 5.91. The van der Waals surface area contributed by atoms with Gasteiger partial charge in [0.25, 0.3) is 11.6 Å². The molecule has 1 saturated heterocycles. The van der Waals surface area contributed by atoms with Crippen molar-refractivity contribution < 1.29 is 24.1 Å². The molecule has 37 heavy (non-hydrogen) atoms. The molecule has 0 aliphatic carbocycles. The molecule has 1 aromatic heterocycles. The van der Waals surface area contributed by atoms with Crippen LogP contribution < -0.4 is 5.56 Å². The summed E-state index contributed by atoms with van der Waals surface area (Å²) in [4.78, 5) is 15.2. The van der Waals surface area contributed by atoms with Crippen LogP contribution in [-0.2, 0) is 18.9 Å². The standard InChI is InChI=1S/C29H52N2O6/c1-4-6-7-8-9-10-11-12-13-14-15-16-17-18-22-36-27-26(34-3)24(23-35-21-5-2)37-28(27)31-20-19-25(32)30-29(31)33/h19-20,24,26-28H,4-18,21-23H2,1-3H3,(H,30,32,33)/t24-,26-,27-,28-/m1/s1. The summed E-state index contributed by atoms with van der Waals surface area (Å²) in [7, 11) is 1.63. The Bertz CT molecular complexity index is 758. The molecule has 0 spiro atoms. The molecule has 8 heteroatoms. The van der Waals surface area contributed by atoms with Gasteiger partial charge in [-0.3, -0.25) is 9.36 Å². The number of methoxy groups -OCH3 is 1. The van der Waals surface area contributed by atoms with Gasteiger partial charge < -0.3 is 24.1 Å². The normalized spacial score (nSPS) is 21.6. The van der Waals surface area contributed by atoms with E-state index in [2.05, 4.69) is 18.8 Å². The topological polar surface area (TPSA) is 92.0 Å². The van der Waals surface area contributed by atoms with E-state index in [0.717, 1.165) is 19.3 Å². The van der Waals surface area contributed by atoms with Crippen LogP contribution in [0, 0.1) is 0 Å². The Kier molecular flexibility index (Phi) is 16.8. The van der Waals surface area contributed by atoms with E-state index < -0.39 is 23.9 Å². The van der Waals surface area contributed by atoms with Crippen LogP contribution >= 0.6 is 0 Å². The van der Waals surface area contributed by atoms with Crippen LogP contribution in [0.1, 0.15) is 116 Å². The third-order valence-electron chi connectivity index (χ3n) is 7.09. The van der Waals surface area contributed by atoms with E-state index in [1.807, 2.05) is 0 Å². The molecule has 1 N–H and O–H groups in total. The molecule has 1 aliphatic rings. The minimum absolute atomic E-state index is 0.346. The van der Waals surface area contributed by atoms with Crippen LogP contribution in [0.2, 0.25) is 0 Å². The van der Waals surface area contributed by atoms with Gasteiger partial charge in [-0.25, -0.2) is 0 Å². The van der Waals surface area contributed by atoms with E-state index in [4.69, 9.17) is 18.9 Å². The van der Waals surface area contributed by atoms with Crippen molar-refractivity contribution in [1.29, 1.82) is 0 Å². The number of hydrogen-bond acceptors (Lipinski definition) is 7. The molecular weight excluding hydrogens is 472 g/mol. The lowest BCUT2D eigenvalue weighted by atomic mass is 10.0. The van der Waals surface area contributed by atoms with Gasteiger partial charge in [-0.05, 0) is 12.8 Å². The van der Waals surface area contributed by atoms with E-state index in [1.165, 1.54) is 93.9 Å². The predicted octanol–water partition coefficient (Wildman–Crippen LogP) is 6.15. The Morgan fingerprint density at radius 2 is 1.46 bits per heavy atom. The number of hydrogen-bond donors (Lipinski definition) is 1. The van der Waals surface area contributed by atoms with Crippen molar-refractivity contribution in [1.82, 2.24) is 9.55 Å². The Labute approximate surface area is 224 Å². The highest BCUT2D eigenvalue weighted by atomic mass is 16.6. The quantitative estimate of drug-likeness (QED) is 0.182. The van der Waals surface area contributed by atoms with E-state index in [0.29, 0.717) is 19.8 Å². The molecule has 0 radical (unpaired) electrons. The van der Waals surface area contributed by atoms with Crippen LogP contribution in [0.4, 0.5) is 0 Å². The molecule has 4 atom stereocenters. The molecule has 0 unspecified atom stereocenters. The molecule has 214 valence electrons. The fraction of sp³-hybridized carbons (Fsp3) is 0.862. The van der Waals surface area contributed by atoms with Gasteiger partial charge in [-0.15, -0.1) is 0 Å². The molecule has 0 bridgehead atoms. The first kappa shape index (κ1) is 31.7. The summed E-state index contributed by atoms with van der Waals surface area (Å²) in [5.74, 6) is 0. The smallest absolute Gasteiger partial charge is 0.299 e. The van der Waals surface area contributed by atoms with Crippen LogP contribution in [-0.4, -0.2) is 59.9 Å². The predicted molar refractivity (Wildman–Crippen MR) is 146 cm³/mol. The average molecular weight is 525 g/mol. The van der Waals surface area contributed by atoms with Gasteiger partial charge in [-0.1, -0.05) is 97.3 Å². The fourth-order valence-electron chi connectivity index (χ4n) is 4.99. The van der Waals surface area contributed by atoms with E-state index in [-0.39, 0.29) is 12.2 Å². The molecule has 1 aliphatic heterocycles. The lowest BCUT2D eigenvalue weighted by Crippen LogP contribution is -2.38. The molecule has 8 nitrogen and oxygen atoms in total. The van der Waals surface area contributed by atoms with Crippen molar-refractivity contribution in [3.63, 3.8) is 0 Å². The highest BCUT2D eigenvalue weighted by Crippen LogP contribution is 2.35. The minimum Gasteiger partial charge on any atom is -0.480 e. The maximum absolute atomic E-state index is 11.5. The SMILES string of the molecule is CCCCCCCCCCCCCCCCO[C@@H]1[C@H](OC)[C@@H](COCCC)O[C@H]1n1ccc(=O)nc1O. The van der Waals surface area contributed by atoms with Crippen molar-refractivity contribution in [3.8, 4) is 6.01 Å². The summed E-state index contributed by atoms with van der Waals surface area (Å²) < 4.78 is 25.3. The molecule has 1 fully saturated rings. The second-order valence-corrected chi connectivity index (χ2v) is 10.2. The molecule has 2 rings (SSSR count). The Morgan fingerprint density at radius 1 is 0.865 bits per heavy atom. The molecular formula is C29H52N2O6. The van der Waals surface area contributed by atoms with Gasteiger partial charge in [0.2, 0.25) is 0 Å². The van der Waals surface area contributed by atoms with Gasteiger partial charge in [-0.2, -0.15) is 4.98 Å².